The molecule has 31 heavy (non-hydrogen) atoms. The van der Waals surface area contributed by atoms with Crippen molar-refractivity contribution in [3.63, 3.8) is 0 Å². The minimum atomic E-state index is -0.513. The van der Waals surface area contributed by atoms with Gasteiger partial charge in [-0.25, -0.2) is 0 Å². The monoisotopic (exact) mass is 425 g/mol. The lowest BCUT2D eigenvalue weighted by Crippen LogP contribution is -2.39. The number of methoxy groups -OCH3 is 1. The Labute approximate surface area is 181 Å². The van der Waals surface area contributed by atoms with Crippen molar-refractivity contribution in [2.24, 2.45) is 5.92 Å². The van der Waals surface area contributed by atoms with Gasteiger partial charge in [0.15, 0.2) is 0 Å². The number of amides is 3. The lowest BCUT2D eigenvalue weighted by molar-refractivity contribution is -0.137. The van der Waals surface area contributed by atoms with Crippen molar-refractivity contribution < 1.29 is 23.9 Å². The molecule has 0 aliphatic carbocycles. The highest BCUT2D eigenvalue weighted by Gasteiger charge is 2.37. The molecule has 1 aliphatic heterocycles. The Morgan fingerprint density at radius 1 is 1.16 bits per heavy atom. The molecule has 8 heteroatoms. The molecule has 1 aliphatic rings. The summed E-state index contributed by atoms with van der Waals surface area (Å²) in [5.41, 5.74) is 1.27. The van der Waals surface area contributed by atoms with E-state index in [1.165, 1.54) is 4.90 Å². The molecule has 1 atom stereocenters. The molecule has 8 nitrogen and oxygen atoms in total. The third kappa shape index (κ3) is 5.33. The summed E-state index contributed by atoms with van der Waals surface area (Å²) >= 11 is 0. The Balaban J connectivity index is 1.59. The van der Waals surface area contributed by atoms with Crippen molar-refractivity contribution in [2.75, 3.05) is 44.1 Å². The number of likely N-dealkylation sites (N-methyl/N-ethyl adjacent to an activating group) is 1. The maximum atomic E-state index is 12.9. The average Bonchev–Trinajstić information content (AvgIpc) is 3.15. The van der Waals surface area contributed by atoms with E-state index >= 15 is 0 Å². The van der Waals surface area contributed by atoms with Gasteiger partial charge in [0.2, 0.25) is 17.7 Å². The molecule has 3 rings (SSSR count). The fourth-order valence-corrected chi connectivity index (χ4v) is 3.54. The minimum Gasteiger partial charge on any atom is -0.497 e. The van der Waals surface area contributed by atoms with E-state index in [1.54, 1.807) is 49.4 Å². The number of carbonyl (C=O) groups excluding carboxylic acids is 3. The van der Waals surface area contributed by atoms with E-state index in [-0.39, 0.29) is 37.2 Å². The number of hydrogen-bond acceptors (Lipinski definition) is 5. The van der Waals surface area contributed by atoms with Crippen LogP contribution in [0.2, 0.25) is 0 Å². The normalized spacial score (nSPS) is 15.5. The third-order valence-corrected chi connectivity index (χ3v) is 5.06. The molecule has 1 saturated heterocycles. The summed E-state index contributed by atoms with van der Waals surface area (Å²) in [6.45, 7) is 2.51. The number of benzene rings is 2. The molecule has 0 spiro atoms. The number of ether oxygens (including phenoxy) is 2. The second kappa shape index (κ2) is 9.97. The fourth-order valence-electron chi connectivity index (χ4n) is 3.54. The van der Waals surface area contributed by atoms with Crippen LogP contribution in [0.4, 0.5) is 11.4 Å². The van der Waals surface area contributed by atoms with Crippen LogP contribution in [-0.2, 0) is 14.4 Å². The Morgan fingerprint density at radius 3 is 2.55 bits per heavy atom. The van der Waals surface area contributed by atoms with Crippen LogP contribution < -0.4 is 19.7 Å². The van der Waals surface area contributed by atoms with Gasteiger partial charge in [-0.2, -0.15) is 0 Å². The van der Waals surface area contributed by atoms with Gasteiger partial charge in [0, 0.05) is 25.7 Å². The van der Waals surface area contributed by atoms with Gasteiger partial charge in [0.25, 0.3) is 0 Å². The van der Waals surface area contributed by atoms with Crippen LogP contribution in [0, 0.1) is 5.92 Å². The second-order valence-corrected chi connectivity index (χ2v) is 7.28. The zero-order valence-corrected chi connectivity index (χ0v) is 18.0. The molecule has 0 aromatic heterocycles. The highest BCUT2D eigenvalue weighted by molar-refractivity contribution is 6.02. The first kappa shape index (κ1) is 22.1. The topological polar surface area (TPSA) is 88.2 Å². The molecule has 0 bridgehead atoms. The van der Waals surface area contributed by atoms with Gasteiger partial charge in [-0.15, -0.1) is 0 Å². The fraction of sp³-hybridized carbons (Fsp3) is 0.348. The first-order valence-corrected chi connectivity index (χ1v) is 10.1. The van der Waals surface area contributed by atoms with Crippen LogP contribution in [-0.4, -0.2) is 56.5 Å². The zero-order chi connectivity index (χ0) is 22.4. The number of para-hydroxylation sites is 2. The lowest BCUT2D eigenvalue weighted by atomic mass is 10.1. The number of rotatable bonds is 8. The second-order valence-electron chi connectivity index (χ2n) is 7.28. The smallest absolute Gasteiger partial charge is 0.243 e. The van der Waals surface area contributed by atoms with Gasteiger partial charge in [0.05, 0.1) is 31.9 Å². The van der Waals surface area contributed by atoms with Crippen molar-refractivity contribution >= 4 is 29.1 Å². The predicted octanol–water partition coefficient (Wildman–Crippen LogP) is 2.54. The highest BCUT2D eigenvalue weighted by atomic mass is 16.5. The standard InChI is InChI=1S/C23H27N3O5/c1-4-31-20-8-6-5-7-19(20)26-14-16(13-22(26)28)23(29)25(2)15-21(27)24-17-9-11-18(30-3)12-10-17/h5-12,16H,4,13-15H2,1-3H3,(H,24,27)/t16-/m1/s1. The molecular weight excluding hydrogens is 398 g/mol. The molecule has 2 aromatic rings. The van der Waals surface area contributed by atoms with Crippen LogP contribution in [0.1, 0.15) is 13.3 Å². The maximum Gasteiger partial charge on any atom is 0.243 e. The van der Waals surface area contributed by atoms with Crippen LogP contribution in [0.15, 0.2) is 48.5 Å². The third-order valence-electron chi connectivity index (χ3n) is 5.06. The molecule has 1 heterocycles. The number of nitrogens with one attached hydrogen (secondary N) is 1. The van der Waals surface area contributed by atoms with Crippen molar-refractivity contribution in [2.45, 2.75) is 13.3 Å². The number of nitrogens with zero attached hydrogens (tertiary/aromatic N) is 2. The van der Waals surface area contributed by atoms with E-state index in [4.69, 9.17) is 9.47 Å². The molecule has 164 valence electrons. The zero-order valence-electron chi connectivity index (χ0n) is 18.0. The van der Waals surface area contributed by atoms with Crippen LogP contribution >= 0.6 is 0 Å². The van der Waals surface area contributed by atoms with Crippen molar-refractivity contribution in [3.8, 4) is 11.5 Å². The summed E-state index contributed by atoms with van der Waals surface area (Å²) in [4.78, 5) is 40.7. The van der Waals surface area contributed by atoms with E-state index in [0.29, 0.717) is 29.5 Å². The lowest BCUT2D eigenvalue weighted by Gasteiger charge is -2.22. The van der Waals surface area contributed by atoms with Gasteiger partial charge < -0.3 is 24.6 Å². The minimum absolute atomic E-state index is 0.101. The first-order valence-electron chi connectivity index (χ1n) is 10.1. The molecule has 0 radical (unpaired) electrons. The molecule has 2 aromatic carbocycles. The molecule has 3 amide bonds. The summed E-state index contributed by atoms with van der Waals surface area (Å²) < 4.78 is 10.7. The van der Waals surface area contributed by atoms with E-state index in [1.807, 2.05) is 25.1 Å². The molecular formula is C23H27N3O5. The molecule has 0 unspecified atom stereocenters. The molecule has 1 fully saturated rings. The number of carbonyl (C=O) groups is 3. The van der Waals surface area contributed by atoms with Gasteiger partial charge >= 0.3 is 0 Å². The van der Waals surface area contributed by atoms with Crippen LogP contribution in [0.3, 0.4) is 0 Å². The van der Waals surface area contributed by atoms with E-state index in [0.717, 1.165) is 0 Å². The largest absolute Gasteiger partial charge is 0.497 e. The highest BCUT2D eigenvalue weighted by Crippen LogP contribution is 2.33. The van der Waals surface area contributed by atoms with E-state index in [9.17, 15) is 14.4 Å². The van der Waals surface area contributed by atoms with Crippen molar-refractivity contribution in [1.29, 1.82) is 0 Å². The van der Waals surface area contributed by atoms with Gasteiger partial charge in [-0.3, -0.25) is 14.4 Å². The van der Waals surface area contributed by atoms with E-state index in [2.05, 4.69) is 5.32 Å². The first-order chi connectivity index (χ1) is 14.9. The molecule has 1 N–H and O–H groups in total. The Bertz CT molecular complexity index is 944. The van der Waals surface area contributed by atoms with E-state index < -0.39 is 5.92 Å². The summed E-state index contributed by atoms with van der Waals surface area (Å²) in [6, 6.07) is 14.2. The number of anilines is 2. The molecule has 0 saturated carbocycles. The summed E-state index contributed by atoms with van der Waals surface area (Å²) in [6.07, 6.45) is 0.101. The number of hydrogen-bond donors (Lipinski definition) is 1. The predicted molar refractivity (Wildman–Crippen MR) is 117 cm³/mol. The van der Waals surface area contributed by atoms with Gasteiger partial charge in [-0.05, 0) is 43.3 Å². The Kier molecular flexibility index (Phi) is 7.12. The Hall–Kier alpha value is -3.55. The van der Waals surface area contributed by atoms with Gasteiger partial charge in [0.1, 0.15) is 11.5 Å². The Morgan fingerprint density at radius 2 is 1.87 bits per heavy atom. The van der Waals surface area contributed by atoms with Crippen molar-refractivity contribution in [1.82, 2.24) is 4.90 Å². The SMILES string of the molecule is CCOc1ccccc1N1C[C@H](C(=O)N(C)CC(=O)Nc2ccc(OC)cc2)CC1=O. The summed E-state index contributed by atoms with van der Waals surface area (Å²) in [5.74, 6) is 0.0893. The van der Waals surface area contributed by atoms with Gasteiger partial charge in [-0.1, -0.05) is 12.1 Å². The summed E-state index contributed by atoms with van der Waals surface area (Å²) in [7, 11) is 3.13. The quantitative estimate of drug-likeness (QED) is 0.702. The van der Waals surface area contributed by atoms with Crippen molar-refractivity contribution in [3.05, 3.63) is 48.5 Å². The van der Waals surface area contributed by atoms with Crippen LogP contribution in [0.5, 0.6) is 11.5 Å². The van der Waals surface area contributed by atoms with Crippen LogP contribution in [0.25, 0.3) is 0 Å². The summed E-state index contributed by atoms with van der Waals surface area (Å²) in [5, 5.41) is 2.75. The average molecular weight is 425 g/mol. The maximum absolute atomic E-state index is 12.9.